The van der Waals surface area contributed by atoms with Crippen LogP contribution in [0.25, 0.3) is 98.1 Å². The van der Waals surface area contributed by atoms with Crippen LogP contribution in [0.3, 0.4) is 0 Å². The Morgan fingerprint density at radius 1 is 0.373 bits per heavy atom. The van der Waals surface area contributed by atoms with Crippen molar-refractivity contribution in [3.63, 3.8) is 0 Å². The predicted molar refractivity (Wildman–Crippen MR) is 215 cm³/mol. The minimum absolute atomic E-state index is 0.697. The number of rotatable bonds is 5. The van der Waals surface area contributed by atoms with Crippen molar-refractivity contribution >= 4 is 53.2 Å². The monoisotopic (exact) mass is 667 g/mol. The van der Waals surface area contributed by atoms with Crippen LogP contribution in [0.1, 0.15) is 0 Å². The molecule has 10 aromatic rings. The van der Waals surface area contributed by atoms with Gasteiger partial charge in [0.1, 0.15) is 0 Å². The van der Waals surface area contributed by atoms with E-state index >= 15 is 0 Å². The van der Waals surface area contributed by atoms with Gasteiger partial charge in [0.2, 0.25) is 0 Å². The fraction of sp³-hybridized carbons (Fsp3) is 0. The highest BCUT2D eigenvalue weighted by Gasteiger charge is 2.19. The second kappa shape index (κ2) is 12.1. The Labute approximate surface area is 299 Å². The van der Waals surface area contributed by atoms with E-state index in [2.05, 4.69) is 152 Å². The highest BCUT2D eigenvalue weighted by Crippen LogP contribution is 2.45. The summed E-state index contributed by atoms with van der Waals surface area (Å²) in [5.74, 6) is 0.697. The molecule has 0 bridgehead atoms. The molecule has 3 heterocycles. The molecule has 238 valence electrons. The smallest absolute Gasteiger partial charge is 0.160 e. The van der Waals surface area contributed by atoms with E-state index < -0.39 is 0 Å². The second-order valence-electron chi connectivity index (χ2n) is 12.8. The van der Waals surface area contributed by atoms with Gasteiger partial charge in [-0.25, -0.2) is 15.0 Å². The molecule has 0 aliphatic rings. The van der Waals surface area contributed by atoms with Crippen LogP contribution in [0.2, 0.25) is 0 Å². The van der Waals surface area contributed by atoms with E-state index in [0.29, 0.717) is 5.82 Å². The van der Waals surface area contributed by atoms with Gasteiger partial charge in [-0.05, 0) is 46.2 Å². The first-order valence-corrected chi connectivity index (χ1v) is 17.9. The van der Waals surface area contributed by atoms with Crippen molar-refractivity contribution in [3.05, 3.63) is 176 Å². The molecule has 0 amide bonds. The molecule has 0 unspecified atom stereocenters. The summed E-state index contributed by atoms with van der Waals surface area (Å²) in [6.45, 7) is 0. The quantitative estimate of drug-likeness (QED) is 0.171. The van der Waals surface area contributed by atoms with Gasteiger partial charge in [-0.3, -0.25) is 0 Å². The third-order valence-corrected chi connectivity index (χ3v) is 10.9. The molecule has 0 aliphatic heterocycles. The van der Waals surface area contributed by atoms with E-state index in [1.165, 1.54) is 47.5 Å². The highest BCUT2D eigenvalue weighted by atomic mass is 32.1. The molecule has 51 heavy (non-hydrogen) atoms. The van der Waals surface area contributed by atoms with Gasteiger partial charge in [0.15, 0.2) is 5.82 Å². The first-order chi connectivity index (χ1) is 25.3. The molecule has 4 heteroatoms. The van der Waals surface area contributed by atoms with Crippen LogP contribution in [0, 0.1) is 0 Å². The van der Waals surface area contributed by atoms with Crippen molar-refractivity contribution in [2.24, 2.45) is 0 Å². The number of hydrogen-bond acceptors (Lipinski definition) is 4. The number of fused-ring (bicyclic) bond motifs is 7. The van der Waals surface area contributed by atoms with E-state index in [4.69, 9.17) is 15.0 Å². The minimum Gasteiger partial charge on any atom is -0.246 e. The molecule has 0 fully saturated rings. The average molecular weight is 668 g/mol. The van der Waals surface area contributed by atoms with Crippen molar-refractivity contribution in [2.75, 3.05) is 0 Å². The van der Waals surface area contributed by atoms with Crippen LogP contribution < -0.4 is 0 Å². The molecule has 0 saturated heterocycles. The predicted octanol–water partition coefficient (Wildman–Crippen LogP) is 12.9. The molecule has 7 aromatic carbocycles. The van der Waals surface area contributed by atoms with E-state index in [-0.39, 0.29) is 0 Å². The summed E-state index contributed by atoms with van der Waals surface area (Å²) in [5.41, 5.74) is 10.2. The third-order valence-electron chi connectivity index (χ3n) is 9.68. The summed E-state index contributed by atoms with van der Waals surface area (Å²) in [6, 6.07) is 61.8. The number of nitrogens with zero attached hydrogens (tertiary/aromatic N) is 3. The van der Waals surface area contributed by atoms with Crippen LogP contribution in [-0.2, 0) is 0 Å². The summed E-state index contributed by atoms with van der Waals surface area (Å²) in [5, 5.41) is 6.21. The number of benzene rings is 7. The van der Waals surface area contributed by atoms with Gasteiger partial charge in [-0.15, -0.1) is 11.3 Å². The largest absolute Gasteiger partial charge is 0.246 e. The molecule has 0 N–H and O–H groups in total. The van der Waals surface area contributed by atoms with Crippen LogP contribution in [0.4, 0.5) is 0 Å². The maximum Gasteiger partial charge on any atom is 0.160 e. The Bertz CT molecular complexity index is 2900. The first-order valence-electron chi connectivity index (χ1n) is 17.1. The topological polar surface area (TPSA) is 38.7 Å². The van der Waals surface area contributed by atoms with Gasteiger partial charge < -0.3 is 0 Å². The fourth-order valence-corrected chi connectivity index (χ4v) is 8.41. The van der Waals surface area contributed by atoms with Crippen LogP contribution in [0.5, 0.6) is 0 Å². The third kappa shape index (κ3) is 5.16. The average Bonchev–Trinajstić information content (AvgIpc) is 3.61. The van der Waals surface area contributed by atoms with Gasteiger partial charge in [-0.1, -0.05) is 152 Å². The Kier molecular flexibility index (Phi) is 7.00. The molecule has 0 atom stereocenters. The molecule has 0 saturated carbocycles. The fourth-order valence-electron chi connectivity index (χ4n) is 7.19. The van der Waals surface area contributed by atoms with Crippen molar-refractivity contribution in [3.8, 4) is 56.3 Å². The molecular weight excluding hydrogens is 639 g/mol. The first kappa shape index (κ1) is 29.4. The Morgan fingerprint density at radius 2 is 0.980 bits per heavy atom. The summed E-state index contributed by atoms with van der Waals surface area (Å²) < 4.78 is 2.46. The van der Waals surface area contributed by atoms with Crippen LogP contribution in [-0.4, -0.2) is 15.0 Å². The summed E-state index contributed by atoms with van der Waals surface area (Å²) in [7, 11) is 0. The van der Waals surface area contributed by atoms with E-state index in [1.54, 1.807) is 0 Å². The van der Waals surface area contributed by atoms with Crippen molar-refractivity contribution < 1.29 is 0 Å². The van der Waals surface area contributed by atoms with Crippen molar-refractivity contribution in [2.45, 2.75) is 0 Å². The van der Waals surface area contributed by atoms with Gasteiger partial charge in [-0.2, -0.15) is 0 Å². The number of pyridine rings is 1. The van der Waals surface area contributed by atoms with Crippen LogP contribution >= 0.6 is 11.3 Å². The zero-order chi connectivity index (χ0) is 33.7. The van der Waals surface area contributed by atoms with Gasteiger partial charge in [0, 0.05) is 43.1 Å². The SMILES string of the molecule is c1ccc(-c2ccc(-c3cc(-c4cccc(-c5nc6ccc7ccccc7c6c6c5sc5ccccc56)c4)nc(-c4ccccc4)n3)cc2)cc1. The maximum atomic E-state index is 5.39. The Hall–Kier alpha value is -6.49. The van der Waals surface area contributed by atoms with Gasteiger partial charge in [0.05, 0.1) is 27.3 Å². The molecule has 0 radical (unpaired) electrons. The lowest BCUT2D eigenvalue weighted by molar-refractivity contribution is 1.18. The van der Waals surface area contributed by atoms with Crippen LogP contribution in [0.15, 0.2) is 176 Å². The molecule has 3 aromatic heterocycles. The normalized spacial score (nSPS) is 11.5. The lowest BCUT2D eigenvalue weighted by Gasteiger charge is -2.12. The lowest BCUT2D eigenvalue weighted by Crippen LogP contribution is -1.96. The Balaban J connectivity index is 1.15. The van der Waals surface area contributed by atoms with E-state index in [1.807, 2.05) is 35.6 Å². The molecule has 0 spiro atoms. The Morgan fingerprint density at radius 3 is 1.78 bits per heavy atom. The molecule has 10 rings (SSSR count). The highest BCUT2D eigenvalue weighted by molar-refractivity contribution is 7.26. The van der Waals surface area contributed by atoms with Crippen molar-refractivity contribution in [1.82, 2.24) is 15.0 Å². The zero-order valence-corrected chi connectivity index (χ0v) is 28.3. The summed E-state index contributed by atoms with van der Waals surface area (Å²) in [6.07, 6.45) is 0. The molecule has 3 nitrogen and oxygen atoms in total. The maximum absolute atomic E-state index is 5.39. The molecular formula is C47H29N3S. The minimum atomic E-state index is 0.697. The van der Waals surface area contributed by atoms with E-state index in [9.17, 15) is 0 Å². The lowest BCUT2D eigenvalue weighted by atomic mass is 9.97. The van der Waals surface area contributed by atoms with Gasteiger partial charge in [0.25, 0.3) is 0 Å². The van der Waals surface area contributed by atoms with E-state index in [0.717, 1.165) is 44.9 Å². The van der Waals surface area contributed by atoms with Crippen molar-refractivity contribution in [1.29, 1.82) is 0 Å². The summed E-state index contributed by atoms with van der Waals surface area (Å²) >= 11 is 1.82. The number of aromatic nitrogens is 3. The number of hydrogen-bond donors (Lipinski definition) is 0. The zero-order valence-electron chi connectivity index (χ0n) is 27.5. The summed E-state index contributed by atoms with van der Waals surface area (Å²) in [4.78, 5) is 15.6. The van der Waals surface area contributed by atoms with Gasteiger partial charge >= 0.3 is 0 Å². The molecule has 0 aliphatic carbocycles. The second-order valence-corrected chi connectivity index (χ2v) is 13.8. The standard InChI is InChI=1S/C47H29N3S/c1-3-12-30(13-4-1)31-22-24-33(25-23-31)40-29-41(50-47(49-40)34-15-5-2-6-16-34)35-17-11-18-36(28-35)45-46-44(38-20-9-10-21-42(38)51-46)43-37-19-8-7-14-32(37)26-27-39(43)48-45/h1-29H. The number of thiophene rings is 1.